The van der Waals surface area contributed by atoms with E-state index in [-0.39, 0.29) is 12.5 Å². The molecular formula is C14H19BrN2O3. The van der Waals surface area contributed by atoms with Crippen molar-refractivity contribution < 1.29 is 14.7 Å². The van der Waals surface area contributed by atoms with E-state index in [4.69, 9.17) is 10.8 Å². The van der Waals surface area contributed by atoms with Crippen LogP contribution >= 0.6 is 15.9 Å². The van der Waals surface area contributed by atoms with Crippen LogP contribution in [0.2, 0.25) is 0 Å². The lowest BCUT2D eigenvalue weighted by molar-refractivity contribution is -0.137. The van der Waals surface area contributed by atoms with Gasteiger partial charge in [0.2, 0.25) is 0 Å². The van der Waals surface area contributed by atoms with E-state index >= 15 is 0 Å². The van der Waals surface area contributed by atoms with Gasteiger partial charge in [0, 0.05) is 23.5 Å². The van der Waals surface area contributed by atoms with Crippen LogP contribution in [-0.4, -0.2) is 29.6 Å². The van der Waals surface area contributed by atoms with Crippen LogP contribution in [0.4, 0.5) is 5.69 Å². The normalized spacial score (nSPS) is 10.6. The van der Waals surface area contributed by atoms with Crippen LogP contribution < -0.4 is 10.6 Å². The third kappa shape index (κ3) is 4.23. The highest BCUT2D eigenvalue weighted by Gasteiger charge is 2.19. The fraction of sp³-hybridized carbons (Fsp3) is 0.429. The maximum Gasteiger partial charge on any atom is 0.303 e. The summed E-state index contributed by atoms with van der Waals surface area (Å²) in [4.78, 5) is 24.2. The maximum atomic E-state index is 11.6. The van der Waals surface area contributed by atoms with Crippen LogP contribution in [0.15, 0.2) is 22.7 Å². The van der Waals surface area contributed by atoms with Crippen molar-refractivity contribution in [1.29, 1.82) is 0 Å². The molecule has 0 spiro atoms. The molecule has 20 heavy (non-hydrogen) atoms. The number of hydrogen-bond donors (Lipinski definition) is 2. The van der Waals surface area contributed by atoms with Gasteiger partial charge in [0.05, 0.1) is 11.3 Å². The second kappa shape index (κ2) is 7.28. The van der Waals surface area contributed by atoms with Crippen molar-refractivity contribution in [3.8, 4) is 0 Å². The number of carbonyl (C=O) groups is 2. The summed E-state index contributed by atoms with van der Waals surface area (Å²) >= 11 is 3.33. The highest BCUT2D eigenvalue weighted by atomic mass is 79.9. The highest BCUT2D eigenvalue weighted by Crippen LogP contribution is 2.29. The molecule has 6 heteroatoms. The van der Waals surface area contributed by atoms with E-state index < -0.39 is 11.9 Å². The van der Waals surface area contributed by atoms with E-state index in [1.165, 1.54) is 0 Å². The average molecular weight is 343 g/mol. The fourth-order valence-electron chi connectivity index (χ4n) is 2.05. The molecule has 0 aromatic heterocycles. The first-order valence-corrected chi connectivity index (χ1v) is 7.20. The van der Waals surface area contributed by atoms with Crippen molar-refractivity contribution in [1.82, 2.24) is 0 Å². The summed E-state index contributed by atoms with van der Waals surface area (Å²) in [6, 6.07) is 5.56. The smallest absolute Gasteiger partial charge is 0.303 e. The molecule has 0 atom stereocenters. The number of hydrogen-bond acceptors (Lipinski definition) is 3. The number of benzene rings is 1. The van der Waals surface area contributed by atoms with Gasteiger partial charge in [-0.1, -0.05) is 6.07 Å². The highest BCUT2D eigenvalue weighted by molar-refractivity contribution is 9.10. The zero-order valence-electron chi connectivity index (χ0n) is 11.6. The Kier molecular flexibility index (Phi) is 6.01. The lowest BCUT2D eigenvalue weighted by Gasteiger charge is -2.30. The number of rotatable bonds is 7. The summed E-state index contributed by atoms with van der Waals surface area (Å²) in [5.74, 6) is -1.32. The zero-order valence-corrected chi connectivity index (χ0v) is 13.2. The first-order valence-electron chi connectivity index (χ1n) is 6.41. The molecule has 0 unspecified atom stereocenters. The molecule has 1 aromatic carbocycles. The van der Waals surface area contributed by atoms with Crippen LogP contribution in [-0.2, 0) is 4.79 Å². The van der Waals surface area contributed by atoms with E-state index in [0.29, 0.717) is 23.0 Å². The quantitative estimate of drug-likeness (QED) is 0.797. The lowest BCUT2D eigenvalue weighted by Crippen LogP contribution is -2.34. The molecule has 110 valence electrons. The number of amides is 1. The number of carboxylic acid groups (broad SMARTS) is 1. The Bertz CT molecular complexity index is 503. The number of anilines is 1. The zero-order chi connectivity index (χ0) is 15.3. The lowest BCUT2D eigenvalue weighted by atomic mass is 10.1. The van der Waals surface area contributed by atoms with Crippen LogP contribution in [0.25, 0.3) is 0 Å². The molecule has 0 saturated heterocycles. The third-order valence-corrected chi connectivity index (χ3v) is 3.62. The second-order valence-electron chi connectivity index (χ2n) is 4.78. The molecule has 3 N–H and O–H groups in total. The van der Waals surface area contributed by atoms with E-state index in [1.807, 2.05) is 30.9 Å². The fourth-order valence-corrected chi connectivity index (χ4v) is 2.60. The molecule has 0 aliphatic heterocycles. The molecule has 1 amide bonds. The number of primary amides is 1. The van der Waals surface area contributed by atoms with Crippen molar-refractivity contribution >= 4 is 33.5 Å². The standard InChI is InChI=1S/C14H19BrN2O3/c1-9(2)17(8-4-7-12(18)19)11-6-3-5-10(15)13(11)14(16)20/h3,5-6,9H,4,7-8H2,1-2H3,(H2,16,20)(H,18,19). The Morgan fingerprint density at radius 2 is 2.05 bits per heavy atom. The number of halogens is 1. The van der Waals surface area contributed by atoms with Gasteiger partial charge in [-0.25, -0.2) is 0 Å². The summed E-state index contributed by atoms with van der Waals surface area (Å²) in [7, 11) is 0. The van der Waals surface area contributed by atoms with Crippen LogP contribution in [0.3, 0.4) is 0 Å². The molecule has 0 aliphatic carbocycles. The van der Waals surface area contributed by atoms with Gasteiger partial charge in [0.25, 0.3) is 5.91 Å². The number of carbonyl (C=O) groups excluding carboxylic acids is 1. The number of carboxylic acids is 1. The van der Waals surface area contributed by atoms with Gasteiger partial charge in [-0.2, -0.15) is 0 Å². The van der Waals surface area contributed by atoms with Gasteiger partial charge in [0.15, 0.2) is 0 Å². The van der Waals surface area contributed by atoms with Crippen molar-refractivity contribution in [3.05, 3.63) is 28.2 Å². The molecule has 0 bridgehead atoms. The summed E-state index contributed by atoms with van der Waals surface area (Å²) in [5.41, 5.74) is 6.60. The van der Waals surface area contributed by atoms with E-state index in [9.17, 15) is 9.59 Å². The monoisotopic (exact) mass is 342 g/mol. The molecule has 1 aromatic rings. The molecular weight excluding hydrogens is 324 g/mol. The topological polar surface area (TPSA) is 83.6 Å². The average Bonchev–Trinajstić information content (AvgIpc) is 2.33. The van der Waals surface area contributed by atoms with Crippen molar-refractivity contribution in [2.45, 2.75) is 32.7 Å². The van der Waals surface area contributed by atoms with Gasteiger partial charge in [-0.3, -0.25) is 9.59 Å². The Morgan fingerprint density at radius 3 is 2.55 bits per heavy atom. The second-order valence-corrected chi connectivity index (χ2v) is 5.64. The molecule has 0 saturated carbocycles. The van der Waals surface area contributed by atoms with E-state index in [2.05, 4.69) is 15.9 Å². The predicted molar refractivity (Wildman–Crippen MR) is 82.0 cm³/mol. The minimum absolute atomic E-state index is 0.100. The molecule has 5 nitrogen and oxygen atoms in total. The van der Waals surface area contributed by atoms with Gasteiger partial charge < -0.3 is 15.7 Å². The Balaban J connectivity index is 3.06. The summed E-state index contributed by atoms with van der Waals surface area (Å²) < 4.78 is 0.645. The largest absolute Gasteiger partial charge is 0.481 e. The Morgan fingerprint density at radius 1 is 1.40 bits per heavy atom. The molecule has 0 heterocycles. The number of nitrogens with zero attached hydrogens (tertiary/aromatic N) is 1. The molecule has 0 fully saturated rings. The molecule has 1 rings (SSSR count). The SMILES string of the molecule is CC(C)N(CCCC(=O)O)c1cccc(Br)c1C(N)=O. The van der Waals surface area contributed by atoms with Crippen molar-refractivity contribution in [3.63, 3.8) is 0 Å². The molecule has 0 radical (unpaired) electrons. The van der Waals surface area contributed by atoms with E-state index in [1.54, 1.807) is 6.07 Å². The minimum atomic E-state index is -0.821. The van der Waals surface area contributed by atoms with Gasteiger partial charge in [0.1, 0.15) is 0 Å². The minimum Gasteiger partial charge on any atom is -0.481 e. The number of nitrogens with two attached hydrogens (primary N) is 1. The van der Waals surface area contributed by atoms with Gasteiger partial charge in [-0.15, -0.1) is 0 Å². The third-order valence-electron chi connectivity index (χ3n) is 2.96. The maximum absolute atomic E-state index is 11.6. The van der Waals surface area contributed by atoms with Crippen molar-refractivity contribution in [2.75, 3.05) is 11.4 Å². The van der Waals surface area contributed by atoms with Gasteiger partial charge >= 0.3 is 5.97 Å². The summed E-state index contributed by atoms with van der Waals surface area (Å²) in [6.45, 7) is 4.54. The predicted octanol–water partition coefficient (Wildman–Crippen LogP) is 2.63. The van der Waals surface area contributed by atoms with Crippen LogP contribution in [0.1, 0.15) is 37.0 Å². The summed E-state index contributed by atoms with van der Waals surface area (Å²) in [5, 5.41) is 8.72. The number of aliphatic carboxylic acids is 1. The van der Waals surface area contributed by atoms with Gasteiger partial charge in [-0.05, 0) is 48.3 Å². The molecule has 0 aliphatic rings. The Labute approximate surface area is 126 Å². The van der Waals surface area contributed by atoms with Crippen LogP contribution in [0.5, 0.6) is 0 Å². The summed E-state index contributed by atoms with van der Waals surface area (Å²) in [6.07, 6.45) is 0.612. The van der Waals surface area contributed by atoms with E-state index in [0.717, 1.165) is 5.69 Å². The Hall–Kier alpha value is -1.56. The van der Waals surface area contributed by atoms with Crippen LogP contribution in [0, 0.1) is 0 Å². The first kappa shape index (κ1) is 16.5. The van der Waals surface area contributed by atoms with Crippen molar-refractivity contribution in [2.24, 2.45) is 5.73 Å². The first-order chi connectivity index (χ1) is 9.34.